The molecule has 15 heavy (non-hydrogen) atoms. The van der Waals surface area contributed by atoms with Gasteiger partial charge in [-0.05, 0) is 19.9 Å². The molecule has 0 aliphatic heterocycles. The van der Waals surface area contributed by atoms with Crippen LogP contribution in [-0.2, 0) is 9.53 Å². The number of rotatable bonds is 9. The highest BCUT2D eigenvalue weighted by Crippen LogP contribution is 1.87. The van der Waals surface area contributed by atoms with Gasteiger partial charge in [0.15, 0.2) is 0 Å². The van der Waals surface area contributed by atoms with Crippen LogP contribution in [0.4, 0.5) is 0 Å². The minimum absolute atomic E-state index is 0.0674. The molecule has 0 rings (SSSR count). The predicted molar refractivity (Wildman–Crippen MR) is 61.9 cm³/mol. The van der Waals surface area contributed by atoms with Crippen LogP contribution in [0, 0.1) is 0 Å². The summed E-state index contributed by atoms with van der Waals surface area (Å²) in [5.41, 5.74) is 0. The second-order valence-corrected chi connectivity index (χ2v) is 3.78. The highest BCUT2D eigenvalue weighted by molar-refractivity contribution is 5.75. The Kier molecular flexibility index (Phi) is 9.52. The smallest absolute Gasteiger partial charge is 0.222 e. The molecule has 0 saturated carbocycles. The van der Waals surface area contributed by atoms with Crippen molar-refractivity contribution >= 4 is 5.91 Å². The monoisotopic (exact) mass is 216 g/mol. The highest BCUT2D eigenvalue weighted by Gasteiger charge is 1.98. The molecule has 0 aliphatic carbocycles. The molecule has 4 nitrogen and oxygen atoms in total. The van der Waals surface area contributed by atoms with E-state index in [-0.39, 0.29) is 5.91 Å². The molecule has 2 N–H and O–H groups in total. The summed E-state index contributed by atoms with van der Waals surface area (Å²) in [6.07, 6.45) is 1.46. The topological polar surface area (TPSA) is 50.4 Å². The van der Waals surface area contributed by atoms with Crippen LogP contribution in [0.15, 0.2) is 0 Å². The molecule has 0 radical (unpaired) electrons. The van der Waals surface area contributed by atoms with Gasteiger partial charge >= 0.3 is 0 Å². The average Bonchev–Trinajstić information content (AvgIpc) is 2.16. The van der Waals surface area contributed by atoms with Gasteiger partial charge in [-0.3, -0.25) is 4.79 Å². The van der Waals surface area contributed by atoms with Gasteiger partial charge in [-0.15, -0.1) is 0 Å². The number of hydrogen-bond donors (Lipinski definition) is 2. The Balaban J connectivity index is 3.08. The third kappa shape index (κ3) is 11.3. The van der Waals surface area contributed by atoms with Crippen molar-refractivity contribution in [3.63, 3.8) is 0 Å². The van der Waals surface area contributed by atoms with Crippen molar-refractivity contribution in [2.45, 2.75) is 39.7 Å². The van der Waals surface area contributed by atoms with Crippen LogP contribution in [0.5, 0.6) is 0 Å². The molecule has 0 aromatic heterocycles. The van der Waals surface area contributed by atoms with Crippen LogP contribution in [0.25, 0.3) is 0 Å². The molecule has 4 heteroatoms. The molecule has 0 aromatic carbocycles. The fourth-order valence-electron chi connectivity index (χ4n) is 1.12. The van der Waals surface area contributed by atoms with Crippen LogP contribution in [-0.4, -0.2) is 38.3 Å². The maximum atomic E-state index is 11.0. The molecule has 0 atom stereocenters. The van der Waals surface area contributed by atoms with Crippen LogP contribution < -0.4 is 10.6 Å². The van der Waals surface area contributed by atoms with E-state index in [0.29, 0.717) is 25.6 Å². The first-order chi connectivity index (χ1) is 7.16. The van der Waals surface area contributed by atoms with Crippen molar-refractivity contribution in [3.8, 4) is 0 Å². The van der Waals surface area contributed by atoms with Gasteiger partial charge in [0.1, 0.15) is 0 Å². The van der Waals surface area contributed by atoms with Gasteiger partial charge in [0.2, 0.25) is 5.91 Å². The van der Waals surface area contributed by atoms with E-state index in [9.17, 15) is 4.79 Å². The van der Waals surface area contributed by atoms with Crippen LogP contribution in [0.1, 0.15) is 33.6 Å². The Hall–Kier alpha value is -0.610. The molecule has 0 unspecified atom stereocenters. The summed E-state index contributed by atoms with van der Waals surface area (Å²) in [5.74, 6) is 0.0674. The lowest BCUT2D eigenvalue weighted by atomic mass is 10.3. The second kappa shape index (κ2) is 9.93. The van der Waals surface area contributed by atoms with Gasteiger partial charge < -0.3 is 15.4 Å². The molecule has 1 amide bonds. The van der Waals surface area contributed by atoms with E-state index in [1.54, 1.807) is 0 Å². The Morgan fingerprint density at radius 1 is 1.33 bits per heavy atom. The number of hydrogen-bond acceptors (Lipinski definition) is 3. The quantitative estimate of drug-likeness (QED) is 0.563. The SMILES string of the molecule is CCNC(=O)CCOCCCNC(C)C. The zero-order valence-electron chi connectivity index (χ0n) is 10.1. The molecule has 90 valence electrons. The second-order valence-electron chi connectivity index (χ2n) is 3.78. The Morgan fingerprint density at radius 3 is 2.67 bits per heavy atom. The standard InChI is InChI=1S/C11H24N2O2/c1-4-12-11(14)6-9-15-8-5-7-13-10(2)3/h10,13H,4-9H2,1-3H3,(H,12,14). The van der Waals surface area contributed by atoms with Gasteiger partial charge in [-0.2, -0.15) is 0 Å². The molecule has 0 saturated heterocycles. The van der Waals surface area contributed by atoms with Gasteiger partial charge in [0, 0.05) is 25.6 Å². The number of nitrogens with one attached hydrogen (secondary N) is 2. The molecule has 0 aromatic rings. The summed E-state index contributed by atoms with van der Waals surface area (Å²) in [4.78, 5) is 11.0. The lowest BCUT2D eigenvalue weighted by molar-refractivity contribution is -0.122. The number of carbonyl (C=O) groups excluding carboxylic acids is 1. The van der Waals surface area contributed by atoms with E-state index in [0.717, 1.165) is 19.6 Å². The van der Waals surface area contributed by atoms with E-state index in [4.69, 9.17) is 4.74 Å². The summed E-state index contributed by atoms with van der Waals surface area (Å²) >= 11 is 0. The summed E-state index contributed by atoms with van der Waals surface area (Å²) in [5, 5.41) is 6.04. The third-order valence-electron chi connectivity index (χ3n) is 1.87. The molecule has 0 aliphatic rings. The van der Waals surface area contributed by atoms with Crippen molar-refractivity contribution in [3.05, 3.63) is 0 Å². The third-order valence-corrected chi connectivity index (χ3v) is 1.87. The van der Waals surface area contributed by atoms with Crippen molar-refractivity contribution in [1.82, 2.24) is 10.6 Å². The van der Waals surface area contributed by atoms with Crippen LogP contribution in [0.2, 0.25) is 0 Å². The Labute approximate surface area is 92.8 Å². The van der Waals surface area contributed by atoms with E-state index in [1.165, 1.54) is 0 Å². The van der Waals surface area contributed by atoms with Gasteiger partial charge in [0.05, 0.1) is 6.61 Å². The van der Waals surface area contributed by atoms with E-state index in [1.807, 2.05) is 6.92 Å². The summed E-state index contributed by atoms with van der Waals surface area (Å²) in [6, 6.07) is 0.528. The van der Waals surface area contributed by atoms with Gasteiger partial charge in [-0.25, -0.2) is 0 Å². The van der Waals surface area contributed by atoms with Crippen molar-refractivity contribution in [2.75, 3.05) is 26.3 Å². The average molecular weight is 216 g/mol. The maximum absolute atomic E-state index is 11.0. The zero-order valence-corrected chi connectivity index (χ0v) is 10.1. The summed E-state index contributed by atoms with van der Waals surface area (Å²) < 4.78 is 5.33. The van der Waals surface area contributed by atoms with E-state index in [2.05, 4.69) is 24.5 Å². The first-order valence-electron chi connectivity index (χ1n) is 5.74. The molecular formula is C11H24N2O2. The van der Waals surface area contributed by atoms with E-state index >= 15 is 0 Å². The first-order valence-corrected chi connectivity index (χ1v) is 5.74. The maximum Gasteiger partial charge on any atom is 0.222 e. The molecule has 0 spiro atoms. The Morgan fingerprint density at radius 2 is 2.07 bits per heavy atom. The lowest BCUT2D eigenvalue weighted by Crippen LogP contribution is -2.25. The van der Waals surface area contributed by atoms with Crippen LogP contribution in [0.3, 0.4) is 0 Å². The summed E-state index contributed by atoms with van der Waals surface area (Å²) in [6.45, 7) is 9.06. The number of carbonyl (C=O) groups is 1. The van der Waals surface area contributed by atoms with Crippen molar-refractivity contribution < 1.29 is 9.53 Å². The zero-order chi connectivity index (χ0) is 11.5. The predicted octanol–water partition coefficient (Wildman–Crippen LogP) is 0.917. The minimum atomic E-state index is 0.0674. The number of ether oxygens (including phenoxy) is 1. The highest BCUT2D eigenvalue weighted by atomic mass is 16.5. The molecule has 0 bridgehead atoms. The molecule has 0 fully saturated rings. The van der Waals surface area contributed by atoms with E-state index < -0.39 is 0 Å². The van der Waals surface area contributed by atoms with Crippen molar-refractivity contribution in [2.24, 2.45) is 0 Å². The largest absolute Gasteiger partial charge is 0.381 e. The fraction of sp³-hybridized carbons (Fsp3) is 0.909. The summed E-state index contributed by atoms with van der Waals surface area (Å²) in [7, 11) is 0. The molecule has 0 heterocycles. The number of amides is 1. The first kappa shape index (κ1) is 14.4. The molecular weight excluding hydrogens is 192 g/mol. The fourth-order valence-corrected chi connectivity index (χ4v) is 1.12. The van der Waals surface area contributed by atoms with Crippen molar-refractivity contribution in [1.29, 1.82) is 0 Å². The lowest BCUT2D eigenvalue weighted by Gasteiger charge is -2.08. The van der Waals surface area contributed by atoms with Crippen LogP contribution >= 0.6 is 0 Å². The van der Waals surface area contributed by atoms with Gasteiger partial charge in [-0.1, -0.05) is 13.8 Å². The Bertz CT molecular complexity index is 161. The minimum Gasteiger partial charge on any atom is -0.381 e. The van der Waals surface area contributed by atoms with Gasteiger partial charge in [0.25, 0.3) is 0 Å². The normalized spacial score (nSPS) is 10.7.